The summed E-state index contributed by atoms with van der Waals surface area (Å²) >= 11 is 0. The maximum Gasteiger partial charge on any atom is 0.203 e. The largest absolute Gasteiger partial charge is 0.383 e. The van der Waals surface area contributed by atoms with E-state index in [2.05, 4.69) is 33.0 Å². The number of aromatic nitrogens is 2. The van der Waals surface area contributed by atoms with Gasteiger partial charge in [0.1, 0.15) is 0 Å². The lowest BCUT2D eigenvalue weighted by atomic mass is 10.1. The molecule has 2 rings (SSSR count). The van der Waals surface area contributed by atoms with Crippen LogP contribution in [0, 0.1) is 0 Å². The van der Waals surface area contributed by atoms with Crippen LogP contribution in [-0.4, -0.2) is 54.8 Å². The van der Waals surface area contributed by atoms with E-state index >= 15 is 0 Å². The van der Waals surface area contributed by atoms with Crippen molar-refractivity contribution in [1.82, 2.24) is 14.5 Å². The number of hydrogen-bond acceptors (Lipinski definition) is 4. The average molecular weight is 238 g/mol. The molecule has 1 aliphatic heterocycles. The summed E-state index contributed by atoms with van der Waals surface area (Å²) in [6.45, 7) is 3.85. The average Bonchev–Trinajstić information content (AvgIpc) is 2.79. The van der Waals surface area contributed by atoms with Crippen LogP contribution in [0.3, 0.4) is 0 Å². The predicted molar refractivity (Wildman–Crippen MR) is 68.4 cm³/mol. The van der Waals surface area contributed by atoms with Gasteiger partial charge in [0.05, 0.1) is 6.61 Å². The molecule has 5 heteroatoms. The van der Waals surface area contributed by atoms with Gasteiger partial charge in [-0.15, -0.1) is 0 Å². The zero-order chi connectivity index (χ0) is 12.1. The third-order valence-corrected chi connectivity index (χ3v) is 3.34. The van der Waals surface area contributed by atoms with E-state index in [1.54, 1.807) is 7.11 Å². The molecule has 5 nitrogen and oxygen atoms in total. The molecule has 96 valence electrons. The minimum atomic E-state index is 0.582. The fourth-order valence-corrected chi connectivity index (χ4v) is 2.28. The summed E-state index contributed by atoms with van der Waals surface area (Å²) in [5, 5.41) is 3.32. The number of likely N-dealkylation sites (tertiary alicyclic amines) is 1. The lowest BCUT2D eigenvalue weighted by molar-refractivity contribution is 0.209. The molecule has 0 amide bonds. The van der Waals surface area contributed by atoms with Gasteiger partial charge in [0.15, 0.2) is 0 Å². The van der Waals surface area contributed by atoms with Crippen LogP contribution in [0.15, 0.2) is 12.4 Å². The summed E-state index contributed by atoms with van der Waals surface area (Å²) in [4.78, 5) is 6.75. The normalized spacial score (nSPS) is 18.5. The SMILES string of the molecule is COCCNc1nccn1C1CCN(C)CC1. The first-order chi connectivity index (χ1) is 8.31. The first kappa shape index (κ1) is 12.4. The number of nitrogens with zero attached hydrogens (tertiary/aromatic N) is 3. The number of imidazole rings is 1. The Kier molecular flexibility index (Phi) is 4.39. The molecule has 1 aliphatic rings. The molecule has 0 aromatic carbocycles. The Morgan fingerprint density at radius 3 is 2.94 bits per heavy atom. The second-order valence-electron chi connectivity index (χ2n) is 4.61. The van der Waals surface area contributed by atoms with Gasteiger partial charge in [-0.2, -0.15) is 0 Å². The van der Waals surface area contributed by atoms with E-state index in [1.807, 2.05) is 6.20 Å². The lowest BCUT2D eigenvalue weighted by Gasteiger charge is -2.30. The summed E-state index contributed by atoms with van der Waals surface area (Å²) in [6.07, 6.45) is 6.34. The van der Waals surface area contributed by atoms with E-state index in [1.165, 1.54) is 25.9 Å². The molecule has 1 fully saturated rings. The Labute approximate surface area is 103 Å². The number of rotatable bonds is 5. The molecule has 1 saturated heterocycles. The van der Waals surface area contributed by atoms with Crippen molar-refractivity contribution in [1.29, 1.82) is 0 Å². The van der Waals surface area contributed by atoms with Crippen molar-refractivity contribution in [2.75, 3.05) is 45.7 Å². The molecule has 0 aliphatic carbocycles. The number of anilines is 1. The van der Waals surface area contributed by atoms with E-state index in [0.717, 1.165) is 12.5 Å². The van der Waals surface area contributed by atoms with Crippen molar-refractivity contribution in [3.05, 3.63) is 12.4 Å². The quantitative estimate of drug-likeness (QED) is 0.783. The summed E-state index contributed by atoms with van der Waals surface area (Å²) in [6, 6.07) is 0.582. The molecular formula is C12H22N4O. The topological polar surface area (TPSA) is 42.3 Å². The van der Waals surface area contributed by atoms with Gasteiger partial charge in [-0.05, 0) is 33.0 Å². The predicted octanol–water partition coefficient (Wildman–Crippen LogP) is 1.21. The van der Waals surface area contributed by atoms with Crippen LogP contribution in [0.1, 0.15) is 18.9 Å². The summed E-state index contributed by atoms with van der Waals surface area (Å²) in [5.74, 6) is 0.969. The van der Waals surface area contributed by atoms with Gasteiger partial charge in [0, 0.05) is 32.1 Å². The van der Waals surface area contributed by atoms with Gasteiger partial charge in [-0.1, -0.05) is 0 Å². The van der Waals surface area contributed by atoms with Crippen LogP contribution in [0.25, 0.3) is 0 Å². The monoisotopic (exact) mass is 238 g/mol. The molecule has 0 unspecified atom stereocenters. The van der Waals surface area contributed by atoms with Crippen molar-refractivity contribution >= 4 is 5.95 Å². The van der Waals surface area contributed by atoms with Gasteiger partial charge in [0.2, 0.25) is 5.95 Å². The molecule has 1 aromatic rings. The number of piperidine rings is 1. The molecule has 2 heterocycles. The van der Waals surface area contributed by atoms with Crippen LogP contribution < -0.4 is 5.32 Å². The lowest BCUT2D eigenvalue weighted by Crippen LogP contribution is -2.31. The highest BCUT2D eigenvalue weighted by Crippen LogP contribution is 2.24. The van der Waals surface area contributed by atoms with Gasteiger partial charge < -0.3 is 19.5 Å². The Hall–Kier alpha value is -1.07. The van der Waals surface area contributed by atoms with Crippen LogP contribution in [0.4, 0.5) is 5.95 Å². The molecule has 1 N–H and O–H groups in total. The Morgan fingerprint density at radius 2 is 2.24 bits per heavy atom. The van der Waals surface area contributed by atoms with Gasteiger partial charge in [0.25, 0.3) is 0 Å². The van der Waals surface area contributed by atoms with E-state index in [9.17, 15) is 0 Å². The Balaban J connectivity index is 1.93. The number of methoxy groups -OCH3 is 1. The highest BCUT2D eigenvalue weighted by atomic mass is 16.5. The summed E-state index contributed by atoms with van der Waals surface area (Å²) in [7, 11) is 3.90. The van der Waals surface area contributed by atoms with Gasteiger partial charge in [-0.3, -0.25) is 0 Å². The minimum Gasteiger partial charge on any atom is -0.383 e. The summed E-state index contributed by atoms with van der Waals surface area (Å²) < 4.78 is 7.30. The van der Waals surface area contributed by atoms with E-state index in [0.29, 0.717) is 12.6 Å². The second-order valence-corrected chi connectivity index (χ2v) is 4.61. The first-order valence-corrected chi connectivity index (χ1v) is 6.25. The van der Waals surface area contributed by atoms with Crippen LogP contribution in [-0.2, 0) is 4.74 Å². The van der Waals surface area contributed by atoms with Crippen molar-refractivity contribution < 1.29 is 4.74 Å². The zero-order valence-corrected chi connectivity index (χ0v) is 10.7. The zero-order valence-electron chi connectivity index (χ0n) is 10.7. The standard InChI is InChI=1S/C12H22N4O/c1-15-7-3-11(4-8-15)16-9-5-13-12(16)14-6-10-17-2/h5,9,11H,3-4,6-8,10H2,1-2H3,(H,13,14). The highest BCUT2D eigenvalue weighted by Gasteiger charge is 2.19. The van der Waals surface area contributed by atoms with E-state index in [4.69, 9.17) is 4.74 Å². The maximum absolute atomic E-state index is 5.03. The molecule has 0 radical (unpaired) electrons. The fraction of sp³-hybridized carbons (Fsp3) is 0.750. The van der Waals surface area contributed by atoms with Crippen molar-refractivity contribution in [3.63, 3.8) is 0 Å². The van der Waals surface area contributed by atoms with E-state index < -0.39 is 0 Å². The molecule has 0 saturated carbocycles. The number of ether oxygens (including phenoxy) is 1. The molecular weight excluding hydrogens is 216 g/mol. The summed E-state index contributed by atoms with van der Waals surface area (Å²) in [5.41, 5.74) is 0. The maximum atomic E-state index is 5.03. The molecule has 0 spiro atoms. The molecule has 17 heavy (non-hydrogen) atoms. The number of nitrogens with one attached hydrogen (secondary N) is 1. The Morgan fingerprint density at radius 1 is 1.47 bits per heavy atom. The smallest absolute Gasteiger partial charge is 0.203 e. The van der Waals surface area contributed by atoms with Gasteiger partial charge >= 0.3 is 0 Å². The molecule has 1 aromatic heterocycles. The van der Waals surface area contributed by atoms with Crippen LogP contribution in [0.2, 0.25) is 0 Å². The molecule has 0 atom stereocenters. The minimum absolute atomic E-state index is 0.582. The first-order valence-electron chi connectivity index (χ1n) is 6.25. The second kappa shape index (κ2) is 6.02. The van der Waals surface area contributed by atoms with Gasteiger partial charge in [-0.25, -0.2) is 4.98 Å². The highest BCUT2D eigenvalue weighted by molar-refractivity contribution is 5.26. The van der Waals surface area contributed by atoms with E-state index in [-0.39, 0.29) is 0 Å². The molecule has 0 bridgehead atoms. The third kappa shape index (κ3) is 3.20. The van der Waals surface area contributed by atoms with Crippen molar-refractivity contribution in [3.8, 4) is 0 Å². The van der Waals surface area contributed by atoms with Crippen molar-refractivity contribution in [2.45, 2.75) is 18.9 Å². The van der Waals surface area contributed by atoms with Crippen LogP contribution in [0.5, 0.6) is 0 Å². The fourth-order valence-electron chi connectivity index (χ4n) is 2.28. The number of hydrogen-bond donors (Lipinski definition) is 1. The van der Waals surface area contributed by atoms with Crippen LogP contribution >= 0.6 is 0 Å². The van der Waals surface area contributed by atoms with Crippen molar-refractivity contribution in [2.24, 2.45) is 0 Å². The third-order valence-electron chi connectivity index (χ3n) is 3.34. The Bertz CT molecular complexity index is 331.